The van der Waals surface area contributed by atoms with Gasteiger partial charge in [-0.2, -0.15) is 0 Å². The van der Waals surface area contributed by atoms with Gasteiger partial charge in [0, 0.05) is 17.6 Å². The molecule has 0 bridgehead atoms. The predicted molar refractivity (Wildman–Crippen MR) is 82.1 cm³/mol. The fraction of sp³-hybridized carbons (Fsp3) is 0.500. The van der Waals surface area contributed by atoms with E-state index in [4.69, 9.17) is 12.2 Å². The van der Waals surface area contributed by atoms with Crippen molar-refractivity contribution >= 4 is 23.0 Å². The van der Waals surface area contributed by atoms with Crippen molar-refractivity contribution in [2.45, 2.75) is 13.8 Å². The summed E-state index contributed by atoms with van der Waals surface area (Å²) in [5.41, 5.74) is 0.947. The summed E-state index contributed by atoms with van der Waals surface area (Å²) in [7, 11) is 4.27. The third kappa shape index (κ3) is 6.50. The van der Waals surface area contributed by atoms with Crippen LogP contribution in [0.25, 0.3) is 0 Å². The van der Waals surface area contributed by atoms with E-state index in [0.29, 0.717) is 5.11 Å². The van der Waals surface area contributed by atoms with Gasteiger partial charge in [0.05, 0.1) is 20.6 Å². The lowest BCUT2D eigenvalue weighted by atomic mass is 9.93. The summed E-state index contributed by atoms with van der Waals surface area (Å²) in [6.07, 6.45) is 0. The quantitative estimate of drug-likeness (QED) is 0.712. The van der Waals surface area contributed by atoms with E-state index in [0.717, 1.165) is 18.8 Å². The molecular formula is C14H23FN3S+. The highest BCUT2D eigenvalue weighted by atomic mass is 32.1. The van der Waals surface area contributed by atoms with Crippen LogP contribution < -0.4 is 15.5 Å². The third-order valence-electron chi connectivity index (χ3n) is 2.66. The van der Waals surface area contributed by atoms with Gasteiger partial charge in [-0.25, -0.2) is 4.39 Å². The maximum absolute atomic E-state index is 12.8. The largest absolute Gasteiger partial charge is 0.362 e. The van der Waals surface area contributed by atoms with E-state index in [-0.39, 0.29) is 11.2 Å². The second kappa shape index (κ2) is 6.82. The first kappa shape index (κ1) is 15.9. The maximum Gasteiger partial charge on any atom is 0.170 e. The molecule has 1 rings (SSSR count). The first-order valence-electron chi connectivity index (χ1n) is 6.38. The fourth-order valence-corrected chi connectivity index (χ4v) is 2.24. The Kier molecular flexibility index (Phi) is 5.69. The van der Waals surface area contributed by atoms with Crippen LogP contribution in [0.5, 0.6) is 0 Å². The van der Waals surface area contributed by atoms with E-state index in [1.54, 1.807) is 12.1 Å². The Morgan fingerprint density at radius 2 is 1.84 bits per heavy atom. The lowest BCUT2D eigenvalue weighted by Crippen LogP contribution is -3.07. The Morgan fingerprint density at radius 3 is 2.37 bits per heavy atom. The molecule has 19 heavy (non-hydrogen) atoms. The van der Waals surface area contributed by atoms with Crippen molar-refractivity contribution in [3.8, 4) is 0 Å². The van der Waals surface area contributed by atoms with Crippen LogP contribution in [-0.4, -0.2) is 32.3 Å². The van der Waals surface area contributed by atoms with Gasteiger partial charge in [-0.1, -0.05) is 13.8 Å². The van der Waals surface area contributed by atoms with Gasteiger partial charge in [0.25, 0.3) is 0 Å². The van der Waals surface area contributed by atoms with Crippen LogP contribution in [0, 0.1) is 11.2 Å². The van der Waals surface area contributed by atoms with Crippen molar-refractivity contribution in [1.29, 1.82) is 0 Å². The molecule has 0 unspecified atom stereocenters. The SMILES string of the molecule is C[NH+](C)CC(C)(C)CNC(=S)Nc1ccc(F)cc1. The third-order valence-corrected chi connectivity index (χ3v) is 2.91. The van der Waals surface area contributed by atoms with Crippen LogP contribution >= 0.6 is 12.2 Å². The van der Waals surface area contributed by atoms with Gasteiger partial charge < -0.3 is 15.5 Å². The number of benzene rings is 1. The molecule has 0 spiro atoms. The molecule has 3 N–H and O–H groups in total. The molecule has 0 saturated carbocycles. The zero-order valence-electron chi connectivity index (χ0n) is 12.0. The van der Waals surface area contributed by atoms with Crippen LogP contribution in [0.4, 0.5) is 10.1 Å². The molecule has 3 nitrogen and oxygen atoms in total. The first-order chi connectivity index (χ1) is 8.78. The standard InChI is InChI=1S/C14H22FN3S/c1-14(2,10-18(3)4)9-16-13(19)17-12-7-5-11(15)6-8-12/h5-8H,9-10H2,1-4H3,(H2,16,17,19)/p+1. The van der Waals surface area contributed by atoms with Gasteiger partial charge in [-0.3, -0.25) is 0 Å². The van der Waals surface area contributed by atoms with Crippen molar-refractivity contribution in [3.05, 3.63) is 30.1 Å². The summed E-state index contributed by atoms with van der Waals surface area (Å²) < 4.78 is 12.8. The minimum Gasteiger partial charge on any atom is -0.362 e. The fourth-order valence-electron chi connectivity index (χ4n) is 2.05. The molecule has 0 amide bonds. The lowest BCUT2D eigenvalue weighted by Gasteiger charge is -2.26. The van der Waals surface area contributed by atoms with Crippen LogP contribution in [0.2, 0.25) is 0 Å². The number of rotatable bonds is 5. The van der Waals surface area contributed by atoms with Gasteiger partial charge >= 0.3 is 0 Å². The smallest absolute Gasteiger partial charge is 0.170 e. The van der Waals surface area contributed by atoms with Crippen LogP contribution in [-0.2, 0) is 0 Å². The molecule has 5 heteroatoms. The van der Waals surface area contributed by atoms with E-state index in [2.05, 4.69) is 38.6 Å². The Bertz CT molecular complexity index is 415. The van der Waals surface area contributed by atoms with Crippen LogP contribution in [0.3, 0.4) is 0 Å². The molecule has 0 atom stereocenters. The summed E-state index contributed by atoms with van der Waals surface area (Å²) in [6.45, 7) is 6.26. The van der Waals surface area contributed by atoms with E-state index < -0.39 is 0 Å². The zero-order chi connectivity index (χ0) is 14.5. The van der Waals surface area contributed by atoms with Crippen molar-refractivity contribution < 1.29 is 9.29 Å². The Labute approximate surface area is 120 Å². The molecule has 0 fully saturated rings. The average Bonchev–Trinajstić information content (AvgIpc) is 2.28. The zero-order valence-corrected chi connectivity index (χ0v) is 12.8. The highest BCUT2D eigenvalue weighted by Gasteiger charge is 2.21. The van der Waals surface area contributed by atoms with Crippen molar-refractivity contribution in [2.24, 2.45) is 5.41 Å². The summed E-state index contributed by atoms with van der Waals surface area (Å²) >= 11 is 5.23. The Hall–Kier alpha value is -1.20. The molecule has 0 aliphatic heterocycles. The lowest BCUT2D eigenvalue weighted by molar-refractivity contribution is -0.865. The molecule has 0 saturated heterocycles. The minimum absolute atomic E-state index is 0.160. The highest BCUT2D eigenvalue weighted by Crippen LogP contribution is 2.11. The average molecular weight is 284 g/mol. The molecule has 0 aromatic heterocycles. The van der Waals surface area contributed by atoms with Crippen LogP contribution in [0.1, 0.15) is 13.8 Å². The molecule has 1 aromatic rings. The normalized spacial score (nSPS) is 11.5. The van der Waals surface area contributed by atoms with Crippen molar-refractivity contribution in [1.82, 2.24) is 5.32 Å². The summed E-state index contributed by atoms with van der Waals surface area (Å²) in [4.78, 5) is 1.41. The van der Waals surface area contributed by atoms with Crippen molar-refractivity contribution in [3.63, 3.8) is 0 Å². The van der Waals surface area contributed by atoms with Gasteiger partial charge in [-0.05, 0) is 36.5 Å². The predicted octanol–water partition coefficient (Wildman–Crippen LogP) is 1.28. The number of thiocarbonyl (C=S) groups is 1. The summed E-state index contributed by atoms with van der Waals surface area (Å²) in [5.74, 6) is -0.250. The number of quaternary nitrogens is 1. The number of anilines is 1. The second-order valence-corrected chi connectivity index (χ2v) is 6.27. The molecular weight excluding hydrogens is 261 g/mol. The monoisotopic (exact) mass is 284 g/mol. The number of halogens is 1. The van der Waals surface area contributed by atoms with Gasteiger partial charge in [-0.15, -0.1) is 0 Å². The number of hydrogen-bond acceptors (Lipinski definition) is 1. The Balaban J connectivity index is 2.41. The summed E-state index contributed by atoms with van der Waals surface area (Å²) in [5, 5.41) is 6.81. The van der Waals surface area contributed by atoms with Gasteiger partial charge in [0.1, 0.15) is 5.82 Å². The van der Waals surface area contributed by atoms with E-state index in [1.165, 1.54) is 17.0 Å². The molecule has 0 heterocycles. The number of hydrogen-bond donors (Lipinski definition) is 3. The van der Waals surface area contributed by atoms with E-state index in [9.17, 15) is 4.39 Å². The first-order valence-corrected chi connectivity index (χ1v) is 6.79. The highest BCUT2D eigenvalue weighted by molar-refractivity contribution is 7.80. The molecule has 1 aromatic carbocycles. The Morgan fingerprint density at radius 1 is 1.26 bits per heavy atom. The van der Waals surface area contributed by atoms with E-state index >= 15 is 0 Å². The molecule has 0 radical (unpaired) electrons. The maximum atomic E-state index is 12.8. The second-order valence-electron chi connectivity index (χ2n) is 5.86. The molecule has 106 valence electrons. The van der Waals surface area contributed by atoms with Crippen LogP contribution in [0.15, 0.2) is 24.3 Å². The van der Waals surface area contributed by atoms with Gasteiger partial charge in [0.15, 0.2) is 5.11 Å². The minimum atomic E-state index is -0.250. The summed E-state index contributed by atoms with van der Waals surface area (Å²) in [6, 6.07) is 6.14. The van der Waals surface area contributed by atoms with Gasteiger partial charge in [0.2, 0.25) is 0 Å². The van der Waals surface area contributed by atoms with E-state index in [1.807, 2.05) is 0 Å². The number of nitrogens with one attached hydrogen (secondary N) is 3. The topological polar surface area (TPSA) is 28.5 Å². The molecule has 0 aliphatic rings. The van der Waals surface area contributed by atoms with Crippen molar-refractivity contribution in [2.75, 3.05) is 32.5 Å². The molecule has 0 aliphatic carbocycles.